The summed E-state index contributed by atoms with van der Waals surface area (Å²) >= 11 is 0. The maximum atomic E-state index is 12.2. The van der Waals surface area contributed by atoms with Crippen LogP contribution in [-0.2, 0) is 9.84 Å². The van der Waals surface area contributed by atoms with Gasteiger partial charge in [-0.05, 0) is 19.1 Å². The number of sulfone groups is 1. The summed E-state index contributed by atoms with van der Waals surface area (Å²) in [7, 11) is -1.50. The molecule has 0 aromatic carbocycles. The summed E-state index contributed by atoms with van der Waals surface area (Å²) in [4.78, 5) is 17.7. The van der Waals surface area contributed by atoms with E-state index in [1.807, 2.05) is 6.92 Å². The van der Waals surface area contributed by atoms with E-state index in [-0.39, 0.29) is 18.2 Å². The van der Waals surface area contributed by atoms with E-state index in [0.29, 0.717) is 17.9 Å². The Morgan fingerprint density at radius 3 is 2.74 bits per heavy atom. The lowest BCUT2D eigenvalue weighted by Gasteiger charge is -2.18. The zero-order chi connectivity index (χ0) is 14.5. The van der Waals surface area contributed by atoms with Gasteiger partial charge < -0.3 is 10.2 Å². The Morgan fingerprint density at radius 1 is 1.47 bits per heavy atom. The first-order valence-electron chi connectivity index (χ1n) is 5.97. The highest BCUT2D eigenvalue weighted by molar-refractivity contribution is 7.90. The van der Waals surface area contributed by atoms with E-state index in [0.717, 1.165) is 6.26 Å². The van der Waals surface area contributed by atoms with Gasteiger partial charge in [0.25, 0.3) is 5.91 Å². The summed E-state index contributed by atoms with van der Waals surface area (Å²) in [6, 6.07) is 3.35. The molecule has 0 aliphatic rings. The molecule has 1 rings (SSSR count). The Bertz CT molecular complexity index is 543. The third-order valence-corrected chi connectivity index (χ3v) is 3.45. The van der Waals surface area contributed by atoms with E-state index in [1.165, 1.54) is 4.90 Å². The van der Waals surface area contributed by atoms with Gasteiger partial charge in [0.05, 0.1) is 11.3 Å². The molecule has 0 bridgehead atoms. The summed E-state index contributed by atoms with van der Waals surface area (Å²) in [6.07, 6.45) is 2.75. The molecule has 6 nitrogen and oxygen atoms in total. The molecule has 0 aliphatic carbocycles. The number of hydrogen-bond acceptors (Lipinski definition) is 5. The number of hydrogen-bond donors (Lipinski definition) is 1. The molecule has 1 heterocycles. The number of rotatable bonds is 6. The van der Waals surface area contributed by atoms with Gasteiger partial charge in [0.1, 0.15) is 15.7 Å². The standard InChI is InChI=1S/C12H19N3O3S/c1-4-13-11-10(6-5-7-14-11)12(16)15(2)8-9-19(3,17)18/h5-7H,4,8-9H2,1-3H3,(H,13,14). The molecular weight excluding hydrogens is 266 g/mol. The molecule has 0 aliphatic heterocycles. The largest absolute Gasteiger partial charge is 0.370 e. The van der Waals surface area contributed by atoms with Gasteiger partial charge in [0.15, 0.2) is 0 Å². The normalized spacial score (nSPS) is 11.1. The van der Waals surface area contributed by atoms with Crippen molar-refractivity contribution >= 4 is 21.6 Å². The molecule has 0 fully saturated rings. The van der Waals surface area contributed by atoms with Crippen LogP contribution in [0.3, 0.4) is 0 Å². The number of anilines is 1. The van der Waals surface area contributed by atoms with Crippen LogP contribution in [0.2, 0.25) is 0 Å². The maximum Gasteiger partial charge on any atom is 0.257 e. The predicted molar refractivity (Wildman–Crippen MR) is 75.1 cm³/mol. The van der Waals surface area contributed by atoms with Crippen LogP contribution in [0.15, 0.2) is 18.3 Å². The van der Waals surface area contributed by atoms with Gasteiger partial charge in [-0.2, -0.15) is 0 Å². The van der Waals surface area contributed by atoms with Gasteiger partial charge in [-0.15, -0.1) is 0 Å². The second kappa shape index (κ2) is 6.51. The fourth-order valence-corrected chi connectivity index (χ4v) is 2.10. The van der Waals surface area contributed by atoms with Crippen molar-refractivity contribution in [1.82, 2.24) is 9.88 Å². The van der Waals surface area contributed by atoms with Gasteiger partial charge in [0, 0.05) is 32.6 Å². The average molecular weight is 285 g/mol. The number of aromatic nitrogens is 1. The molecule has 7 heteroatoms. The molecule has 19 heavy (non-hydrogen) atoms. The average Bonchev–Trinajstić information content (AvgIpc) is 2.35. The maximum absolute atomic E-state index is 12.2. The summed E-state index contributed by atoms with van der Waals surface area (Å²) in [5.41, 5.74) is 0.445. The minimum atomic E-state index is -3.08. The predicted octanol–water partition coefficient (Wildman–Crippen LogP) is 0.630. The van der Waals surface area contributed by atoms with E-state index in [9.17, 15) is 13.2 Å². The van der Waals surface area contributed by atoms with Crippen molar-refractivity contribution in [3.8, 4) is 0 Å². The van der Waals surface area contributed by atoms with Crippen LogP contribution in [0, 0.1) is 0 Å². The summed E-state index contributed by atoms with van der Waals surface area (Å²) in [5, 5.41) is 3.01. The summed E-state index contributed by atoms with van der Waals surface area (Å²) in [5.74, 6) is 0.223. The van der Waals surface area contributed by atoms with Crippen LogP contribution in [0.25, 0.3) is 0 Å². The number of amides is 1. The molecule has 1 aromatic rings. The first-order chi connectivity index (χ1) is 8.85. The topological polar surface area (TPSA) is 79.4 Å². The summed E-state index contributed by atoms with van der Waals surface area (Å²) in [6.45, 7) is 2.73. The van der Waals surface area contributed by atoms with Crippen molar-refractivity contribution < 1.29 is 13.2 Å². The zero-order valence-electron chi connectivity index (χ0n) is 11.4. The molecular formula is C12H19N3O3S. The smallest absolute Gasteiger partial charge is 0.257 e. The molecule has 0 saturated carbocycles. The minimum Gasteiger partial charge on any atom is -0.370 e. The highest BCUT2D eigenvalue weighted by atomic mass is 32.2. The monoisotopic (exact) mass is 285 g/mol. The highest BCUT2D eigenvalue weighted by Crippen LogP contribution is 2.13. The van der Waals surface area contributed by atoms with Crippen LogP contribution in [0.1, 0.15) is 17.3 Å². The van der Waals surface area contributed by atoms with Crippen molar-refractivity contribution in [2.24, 2.45) is 0 Å². The second-order valence-corrected chi connectivity index (χ2v) is 6.55. The zero-order valence-corrected chi connectivity index (χ0v) is 12.2. The fraction of sp³-hybridized carbons (Fsp3) is 0.500. The van der Waals surface area contributed by atoms with E-state index >= 15 is 0 Å². The molecule has 0 atom stereocenters. The van der Waals surface area contributed by atoms with E-state index < -0.39 is 9.84 Å². The number of carbonyl (C=O) groups is 1. The van der Waals surface area contributed by atoms with Gasteiger partial charge in [-0.3, -0.25) is 4.79 Å². The van der Waals surface area contributed by atoms with E-state index in [1.54, 1.807) is 25.4 Å². The van der Waals surface area contributed by atoms with Crippen LogP contribution in [0.4, 0.5) is 5.82 Å². The van der Waals surface area contributed by atoms with Crippen molar-refractivity contribution in [1.29, 1.82) is 0 Å². The lowest BCUT2D eigenvalue weighted by Crippen LogP contribution is -2.32. The van der Waals surface area contributed by atoms with Crippen LogP contribution < -0.4 is 5.32 Å². The molecule has 106 valence electrons. The van der Waals surface area contributed by atoms with Gasteiger partial charge in [0.2, 0.25) is 0 Å². The third kappa shape index (κ3) is 4.86. The van der Waals surface area contributed by atoms with Crippen molar-refractivity contribution in [3.63, 3.8) is 0 Å². The number of nitrogens with zero attached hydrogens (tertiary/aromatic N) is 2. The Balaban J connectivity index is 2.82. The Kier molecular flexibility index (Phi) is 5.29. The molecule has 1 aromatic heterocycles. The lowest BCUT2D eigenvalue weighted by atomic mass is 10.2. The SMILES string of the molecule is CCNc1ncccc1C(=O)N(C)CCS(C)(=O)=O. The Hall–Kier alpha value is -1.63. The van der Waals surface area contributed by atoms with Crippen LogP contribution >= 0.6 is 0 Å². The second-order valence-electron chi connectivity index (χ2n) is 4.29. The van der Waals surface area contributed by atoms with Gasteiger partial charge in [-0.1, -0.05) is 0 Å². The van der Waals surface area contributed by atoms with Crippen molar-refractivity contribution in [3.05, 3.63) is 23.9 Å². The molecule has 1 amide bonds. The number of pyridine rings is 1. The summed E-state index contributed by atoms with van der Waals surface area (Å²) < 4.78 is 22.2. The molecule has 0 unspecified atom stereocenters. The fourth-order valence-electron chi connectivity index (χ4n) is 1.50. The van der Waals surface area contributed by atoms with Crippen molar-refractivity contribution in [2.75, 3.05) is 37.5 Å². The van der Waals surface area contributed by atoms with Crippen LogP contribution in [0.5, 0.6) is 0 Å². The van der Waals surface area contributed by atoms with E-state index in [2.05, 4.69) is 10.3 Å². The quantitative estimate of drug-likeness (QED) is 0.829. The Labute approximate surface area is 113 Å². The van der Waals surface area contributed by atoms with Crippen LogP contribution in [-0.4, -0.2) is 56.4 Å². The molecule has 0 spiro atoms. The molecule has 1 N–H and O–H groups in total. The van der Waals surface area contributed by atoms with Crippen molar-refractivity contribution in [2.45, 2.75) is 6.92 Å². The minimum absolute atomic E-state index is 0.0496. The Morgan fingerprint density at radius 2 is 2.16 bits per heavy atom. The number of nitrogens with one attached hydrogen (secondary N) is 1. The van der Waals surface area contributed by atoms with Gasteiger partial charge in [-0.25, -0.2) is 13.4 Å². The third-order valence-electron chi connectivity index (χ3n) is 2.53. The lowest BCUT2D eigenvalue weighted by molar-refractivity contribution is 0.0804. The first kappa shape index (κ1) is 15.4. The number of carbonyl (C=O) groups excluding carboxylic acids is 1. The first-order valence-corrected chi connectivity index (χ1v) is 8.03. The van der Waals surface area contributed by atoms with E-state index in [4.69, 9.17) is 0 Å². The highest BCUT2D eigenvalue weighted by Gasteiger charge is 2.17. The van der Waals surface area contributed by atoms with Gasteiger partial charge >= 0.3 is 0 Å². The molecule has 0 saturated heterocycles. The molecule has 0 radical (unpaired) electrons.